The summed E-state index contributed by atoms with van der Waals surface area (Å²) in [4.78, 5) is 4.09. The molecule has 2 rings (SSSR count). The number of furan rings is 1. The van der Waals surface area contributed by atoms with Gasteiger partial charge in [0, 0.05) is 6.54 Å². The molecule has 0 aromatic carbocycles. The van der Waals surface area contributed by atoms with E-state index < -0.39 is 0 Å². The van der Waals surface area contributed by atoms with Crippen LogP contribution in [0.4, 0.5) is 0 Å². The predicted molar refractivity (Wildman–Crippen MR) is 47.0 cm³/mol. The Morgan fingerprint density at radius 3 is 3.15 bits per heavy atom. The summed E-state index contributed by atoms with van der Waals surface area (Å²) in [7, 11) is 1.87. The van der Waals surface area contributed by atoms with Crippen molar-refractivity contribution in [1.29, 1.82) is 0 Å². The van der Waals surface area contributed by atoms with E-state index in [4.69, 9.17) is 8.83 Å². The Hall–Kier alpha value is -1.55. The third-order valence-corrected chi connectivity index (χ3v) is 1.77. The van der Waals surface area contributed by atoms with Crippen LogP contribution in [0.5, 0.6) is 0 Å². The van der Waals surface area contributed by atoms with Crippen LogP contribution in [0.1, 0.15) is 5.69 Å². The van der Waals surface area contributed by atoms with Crippen molar-refractivity contribution >= 4 is 0 Å². The molecule has 2 aromatic rings. The van der Waals surface area contributed by atoms with Gasteiger partial charge in [-0.25, -0.2) is 4.98 Å². The van der Waals surface area contributed by atoms with Crippen molar-refractivity contribution < 1.29 is 8.83 Å². The van der Waals surface area contributed by atoms with Crippen molar-refractivity contribution in [3.63, 3.8) is 0 Å². The molecule has 13 heavy (non-hydrogen) atoms. The first-order valence-electron chi connectivity index (χ1n) is 4.01. The highest BCUT2D eigenvalue weighted by Crippen LogP contribution is 2.22. The first-order valence-corrected chi connectivity index (χ1v) is 4.01. The highest BCUT2D eigenvalue weighted by molar-refractivity contribution is 5.57. The minimum absolute atomic E-state index is 0.691. The van der Waals surface area contributed by atoms with Crippen molar-refractivity contribution in [2.45, 2.75) is 6.54 Å². The molecule has 0 saturated carbocycles. The maximum atomic E-state index is 5.25. The van der Waals surface area contributed by atoms with Crippen molar-refractivity contribution in [3.8, 4) is 11.3 Å². The minimum atomic E-state index is 0.691. The molecule has 0 fully saturated rings. The molecule has 2 heterocycles. The lowest BCUT2D eigenvalue weighted by Gasteiger charge is -1.95. The molecule has 0 aliphatic rings. The second-order valence-electron chi connectivity index (χ2n) is 2.67. The van der Waals surface area contributed by atoms with Crippen LogP contribution in [0.2, 0.25) is 0 Å². The van der Waals surface area contributed by atoms with Gasteiger partial charge in [-0.15, -0.1) is 0 Å². The van der Waals surface area contributed by atoms with Crippen molar-refractivity contribution in [2.24, 2.45) is 0 Å². The number of rotatable bonds is 3. The van der Waals surface area contributed by atoms with Gasteiger partial charge in [-0.1, -0.05) is 0 Å². The van der Waals surface area contributed by atoms with Crippen LogP contribution in [0.3, 0.4) is 0 Å². The lowest BCUT2D eigenvalue weighted by atomic mass is 10.2. The lowest BCUT2D eigenvalue weighted by molar-refractivity contribution is 0.556. The molecule has 68 valence electrons. The van der Waals surface area contributed by atoms with E-state index in [-0.39, 0.29) is 0 Å². The average molecular weight is 178 g/mol. The molecule has 0 unspecified atom stereocenters. The standard InChI is InChI=1S/C9H10N2O2/c1-10-4-8-9(13-6-11-8)7-2-3-12-5-7/h2-3,5-6,10H,4H2,1H3. The molecule has 2 aromatic heterocycles. The molecule has 0 spiro atoms. The van der Waals surface area contributed by atoms with Crippen molar-refractivity contribution in [2.75, 3.05) is 7.05 Å². The van der Waals surface area contributed by atoms with Gasteiger partial charge in [0.05, 0.1) is 11.8 Å². The van der Waals surface area contributed by atoms with Gasteiger partial charge in [0.25, 0.3) is 0 Å². The van der Waals surface area contributed by atoms with Gasteiger partial charge >= 0.3 is 0 Å². The third-order valence-electron chi connectivity index (χ3n) is 1.77. The fraction of sp³-hybridized carbons (Fsp3) is 0.222. The van der Waals surface area contributed by atoms with Gasteiger partial charge in [-0.05, 0) is 13.1 Å². The minimum Gasteiger partial charge on any atom is -0.472 e. The van der Waals surface area contributed by atoms with E-state index in [1.165, 1.54) is 6.39 Å². The number of nitrogens with one attached hydrogen (secondary N) is 1. The zero-order valence-corrected chi connectivity index (χ0v) is 7.28. The largest absolute Gasteiger partial charge is 0.472 e. The molecule has 0 amide bonds. The second kappa shape index (κ2) is 3.45. The molecule has 0 bridgehead atoms. The average Bonchev–Trinajstić information content (AvgIpc) is 2.71. The Labute approximate surface area is 75.6 Å². The Kier molecular flexibility index (Phi) is 2.14. The van der Waals surface area contributed by atoms with Crippen molar-refractivity contribution in [1.82, 2.24) is 10.3 Å². The van der Waals surface area contributed by atoms with Crippen molar-refractivity contribution in [3.05, 3.63) is 30.7 Å². The number of oxazole rings is 1. The lowest BCUT2D eigenvalue weighted by Crippen LogP contribution is -2.06. The highest BCUT2D eigenvalue weighted by Gasteiger charge is 2.10. The topological polar surface area (TPSA) is 51.2 Å². The number of hydrogen-bond acceptors (Lipinski definition) is 4. The molecule has 0 saturated heterocycles. The van der Waals surface area contributed by atoms with Gasteiger partial charge in [-0.3, -0.25) is 0 Å². The predicted octanol–water partition coefficient (Wildman–Crippen LogP) is 1.65. The number of nitrogens with zero attached hydrogens (tertiary/aromatic N) is 1. The van der Waals surface area contributed by atoms with Gasteiger partial charge in [0.1, 0.15) is 12.0 Å². The molecular formula is C9H10N2O2. The Morgan fingerprint density at radius 2 is 2.46 bits per heavy atom. The Bertz CT molecular complexity index is 365. The fourth-order valence-corrected chi connectivity index (χ4v) is 1.19. The van der Waals surface area contributed by atoms with Gasteiger partial charge < -0.3 is 14.2 Å². The molecule has 0 radical (unpaired) electrons. The van der Waals surface area contributed by atoms with E-state index >= 15 is 0 Å². The summed E-state index contributed by atoms with van der Waals surface area (Å²) in [6.07, 6.45) is 4.69. The van der Waals surface area contributed by atoms with Gasteiger partial charge in [0.15, 0.2) is 12.2 Å². The zero-order chi connectivity index (χ0) is 9.10. The highest BCUT2D eigenvalue weighted by atomic mass is 16.3. The maximum absolute atomic E-state index is 5.25. The third kappa shape index (κ3) is 1.48. The molecular weight excluding hydrogens is 168 g/mol. The van der Waals surface area contributed by atoms with Crippen LogP contribution < -0.4 is 5.32 Å². The van der Waals surface area contributed by atoms with Crippen LogP contribution in [0.15, 0.2) is 33.8 Å². The second-order valence-corrected chi connectivity index (χ2v) is 2.67. The number of hydrogen-bond donors (Lipinski definition) is 1. The maximum Gasteiger partial charge on any atom is 0.181 e. The first-order chi connectivity index (χ1) is 6.42. The van der Waals surface area contributed by atoms with Gasteiger partial charge in [-0.2, -0.15) is 0 Å². The zero-order valence-electron chi connectivity index (χ0n) is 7.28. The first kappa shape index (κ1) is 8.07. The SMILES string of the molecule is CNCc1ncoc1-c1ccoc1. The summed E-state index contributed by atoms with van der Waals surface area (Å²) in [5.41, 5.74) is 1.81. The van der Waals surface area contributed by atoms with E-state index in [0.29, 0.717) is 6.54 Å². The Morgan fingerprint density at radius 1 is 1.54 bits per heavy atom. The smallest absolute Gasteiger partial charge is 0.181 e. The summed E-state index contributed by atoms with van der Waals surface area (Å²) in [5, 5.41) is 3.02. The summed E-state index contributed by atoms with van der Waals surface area (Å²) >= 11 is 0. The molecule has 0 atom stereocenters. The van der Waals surface area contributed by atoms with Crippen LogP contribution in [-0.4, -0.2) is 12.0 Å². The molecule has 0 aliphatic carbocycles. The molecule has 4 nitrogen and oxygen atoms in total. The molecule has 1 N–H and O–H groups in total. The fourth-order valence-electron chi connectivity index (χ4n) is 1.19. The monoisotopic (exact) mass is 178 g/mol. The van der Waals surface area contributed by atoms with E-state index in [1.807, 2.05) is 13.1 Å². The summed E-state index contributed by atoms with van der Waals surface area (Å²) in [6.45, 7) is 0.691. The molecule has 0 aliphatic heterocycles. The van der Waals surface area contributed by atoms with Crippen LogP contribution in [0.25, 0.3) is 11.3 Å². The van der Waals surface area contributed by atoms with E-state index in [9.17, 15) is 0 Å². The summed E-state index contributed by atoms with van der Waals surface area (Å²) < 4.78 is 10.2. The van der Waals surface area contributed by atoms with E-state index in [2.05, 4.69) is 10.3 Å². The normalized spacial score (nSPS) is 10.5. The van der Waals surface area contributed by atoms with E-state index in [1.54, 1.807) is 12.5 Å². The Balaban J connectivity index is 2.35. The van der Waals surface area contributed by atoms with Crippen LogP contribution in [0, 0.1) is 0 Å². The quantitative estimate of drug-likeness (QED) is 0.776. The molecule has 4 heteroatoms. The summed E-state index contributed by atoms with van der Waals surface area (Å²) in [5.74, 6) is 0.767. The van der Waals surface area contributed by atoms with Crippen LogP contribution in [-0.2, 0) is 6.54 Å². The summed E-state index contributed by atoms with van der Waals surface area (Å²) in [6, 6.07) is 1.85. The van der Waals surface area contributed by atoms with Gasteiger partial charge in [0.2, 0.25) is 0 Å². The van der Waals surface area contributed by atoms with E-state index in [0.717, 1.165) is 17.0 Å². The number of aromatic nitrogens is 1. The van der Waals surface area contributed by atoms with Crippen LogP contribution >= 0.6 is 0 Å².